The Morgan fingerprint density at radius 3 is 2.33 bits per heavy atom. The van der Waals surface area contributed by atoms with Crippen LogP contribution >= 0.6 is 11.6 Å². The van der Waals surface area contributed by atoms with Gasteiger partial charge in [-0.15, -0.1) is 0 Å². The number of hydrogen-bond acceptors (Lipinski definition) is 4. The van der Waals surface area contributed by atoms with E-state index in [1.807, 2.05) is 51.1 Å². The second-order valence-electron chi connectivity index (χ2n) is 7.30. The minimum atomic E-state index is -0.493. The van der Waals surface area contributed by atoms with Crippen LogP contribution < -0.4 is 9.47 Å². The first-order valence-electron chi connectivity index (χ1n) is 9.64. The molecule has 152 valence electrons. The molecule has 3 rings (SSSR count). The standard InChI is InChI=1S/C25H22ClNO3/c1-16(2)24(20-13-12-18(26)14-17(20)3)25(28)30-23-11-7-10-22(21(23)15-27)29-19-8-5-4-6-9-19/h4-14,16,24H,1-3H3. The number of hydrogen-bond donors (Lipinski definition) is 0. The van der Waals surface area contributed by atoms with E-state index < -0.39 is 11.9 Å². The Labute approximate surface area is 181 Å². The first kappa shape index (κ1) is 21.4. The van der Waals surface area contributed by atoms with Gasteiger partial charge >= 0.3 is 5.97 Å². The van der Waals surface area contributed by atoms with Crippen molar-refractivity contribution in [3.8, 4) is 23.3 Å². The zero-order valence-electron chi connectivity index (χ0n) is 17.1. The highest BCUT2D eigenvalue weighted by atomic mass is 35.5. The third-order valence-corrected chi connectivity index (χ3v) is 5.00. The first-order chi connectivity index (χ1) is 14.4. The van der Waals surface area contributed by atoms with Crippen LogP contribution in [0, 0.1) is 24.2 Å². The van der Waals surface area contributed by atoms with Gasteiger partial charge in [0, 0.05) is 5.02 Å². The van der Waals surface area contributed by atoms with Gasteiger partial charge in [0.2, 0.25) is 0 Å². The molecule has 1 unspecified atom stereocenters. The van der Waals surface area contributed by atoms with Crippen LogP contribution in [0.2, 0.25) is 5.02 Å². The van der Waals surface area contributed by atoms with E-state index in [4.69, 9.17) is 21.1 Å². The number of ether oxygens (including phenoxy) is 2. The molecule has 0 saturated carbocycles. The highest BCUT2D eigenvalue weighted by molar-refractivity contribution is 6.30. The first-order valence-corrected chi connectivity index (χ1v) is 10.0. The van der Waals surface area contributed by atoms with Crippen LogP contribution in [0.1, 0.15) is 36.5 Å². The molecular weight excluding hydrogens is 398 g/mol. The van der Waals surface area contributed by atoms with E-state index in [2.05, 4.69) is 6.07 Å². The van der Waals surface area contributed by atoms with E-state index in [1.165, 1.54) is 0 Å². The highest BCUT2D eigenvalue weighted by Crippen LogP contribution is 2.34. The highest BCUT2D eigenvalue weighted by Gasteiger charge is 2.29. The number of aryl methyl sites for hydroxylation is 1. The zero-order valence-corrected chi connectivity index (χ0v) is 17.8. The number of nitrogens with zero attached hydrogens (tertiary/aromatic N) is 1. The van der Waals surface area contributed by atoms with Gasteiger partial charge in [-0.2, -0.15) is 5.26 Å². The van der Waals surface area contributed by atoms with Gasteiger partial charge in [0.25, 0.3) is 0 Å². The summed E-state index contributed by atoms with van der Waals surface area (Å²) in [4.78, 5) is 13.1. The fourth-order valence-electron chi connectivity index (χ4n) is 3.32. The molecule has 5 heteroatoms. The number of halogens is 1. The lowest BCUT2D eigenvalue weighted by Crippen LogP contribution is -2.24. The minimum Gasteiger partial charge on any atom is -0.456 e. The van der Waals surface area contributed by atoms with Crippen LogP contribution in [0.3, 0.4) is 0 Å². The Kier molecular flexibility index (Phi) is 6.76. The summed E-state index contributed by atoms with van der Waals surface area (Å²) >= 11 is 6.07. The van der Waals surface area contributed by atoms with Gasteiger partial charge < -0.3 is 9.47 Å². The van der Waals surface area contributed by atoms with Crippen LogP contribution in [-0.4, -0.2) is 5.97 Å². The largest absolute Gasteiger partial charge is 0.456 e. The Balaban J connectivity index is 1.91. The number of rotatable bonds is 6. The van der Waals surface area contributed by atoms with Crippen molar-refractivity contribution in [2.24, 2.45) is 5.92 Å². The molecule has 3 aromatic carbocycles. The van der Waals surface area contributed by atoms with Crippen LogP contribution in [0.15, 0.2) is 66.7 Å². The zero-order chi connectivity index (χ0) is 21.7. The summed E-state index contributed by atoms with van der Waals surface area (Å²) in [6.07, 6.45) is 0. The Hall–Kier alpha value is -3.29. The normalized spacial score (nSPS) is 11.6. The third kappa shape index (κ3) is 4.82. The third-order valence-electron chi connectivity index (χ3n) is 4.77. The van der Waals surface area contributed by atoms with Gasteiger partial charge in [-0.05, 0) is 60.4 Å². The van der Waals surface area contributed by atoms with Crippen LogP contribution in [0.4, 0.5) is 0 Å². The molecule has 0 aliphatic heterocycles. The van der Waals surface area contributed by atoms with Gasteiger partial charge in [0.05, 0.1) is 5.92 Å². The second kappa shape index (κ2) is 9.47. The average molecular weight is 420 g/mol. The Morgan fingerprint density at radius 1 is 1.00 bits per heavy atom. The summed E-state index contributed by atoms with van der Waals surface area (Å²) < 4.78 is 11.5. The summed E-state index contributed by atoms with van der Waals surface area (Å²) in [6, 6.07) is 21.6. The average Bonchev–Trinajstić information content (AvgIpc) is 2.70. The van der Waals surface area contributed by atoms with Gasteiger partial charge in [0.1, 0.15) is 23.1 Å². The van der Waals surface area contributed by atoms with E-state index in [0.717, 1.165) is 11.1 Å². The maximum Gasteiger partial charge on any atom is 0.319 e. The lowest BCUT2D eigenvalue weighted by molar-refractivity contribution is -0.137. The fraction of sp³-hybridized carbons (Fsp3) is 0.200. The number of benzene rings is 3. The van der Waals surface area contributed by atoms with Gasteiger partial charge in [0.15, 0.2) is 5.75 Å². The van der Waals surface area contributed by atoms with Crippen LogP contribution in [0.5, 0.6) is 17.2 Å². The maximum atomic E-state index is 13.1. The molecule has 0 aromatic heterocycles. The predicted octanol–water partition coefficient (Wildman–Crippen LogP) is 6.66. The molecule has 0 saturated heterocycles. The van der Waals surface area contributed by atoms with Crippen molar-refractivity contribution in [1.82, 2.24) is 0 Å². The van der Waals surface area contributed by atoms with Crippen molar-refractivity contribution in [1.29, 1.82) is 5.26 Å². The molecule has 0 radical (unpaired) electrons. The quantitative estimate of drug-likeness (QED) is 0.331. The Morgan fingerprint density at radius 2 is 1.70 bits per heavy atom. The summed E-state index contributed by atoms with van der Waals surface area (Å²) in [5.41, 5.74) is 1.94. The van der Waals surface area contributed by atoms with Crippen LogP contribution in [0.25, 0.3) is 0 Å². The van der Waals surface area contributed by atoms with E-state index in [-0.39, 0.29) is 17.2 Å². The van der Waals surface area contributed by atoms with Crippen molar-refractivity contribution in [2.45, 2.75) is 26.7 Å². The van der Waals surface area contributed by atoms with Crippen molar-refractivity contribution in [3.05, 3.63) is 88.4 Å². The lowest BCUT2D eigenvalue weighted by atomic mass is 9.86. The molecule has 0 aliphatic carbocycles. The number of para-hydroxylation sites is 1. The van der Waals surface area contributed by atoms with Crippen LogP contribution in [-0.2, 0) is 4.79 Å². The summed E-state index contributed by atoms with van der Waals surface area (Å²) in [5, 5.41) is 10.3. The maximum absolute atomic E-state index is 13.1. The SMILES string of the molecule is Cc1cc(Cl)ccc1C(C(=O)Oc1cccc(Oc2ccccc2)c1C#N)C(C)C. The van der Waals surface area contributed by atoms with Crippen molar-refractivity contribution < 1.29 is 14.3 Å². The van der Waals surface area contributed by atoms with Crippen molar-refractivity contribution in [3.63, 3.8) is 0 Å². The smallest absolute Gasteiger partial charge is 0.319 e. The molecular formula is C25H22ClNO3. The molecule has 0 fully saturated rings. The molecule has 0 spiro atoms. The fourth-order valence-corrected chi connectivity index (χ4v) is 3.55. The molecule has 3 aromatic rings. The lowest BCUT2D eigenvalue weighted by Gasteiger charge is -2.22. The topological polar surface area (TPSA) is 59.3 Å². The molecule has 0 bridgehead atoms. The summed E-state index contributed by atoms with van der Waals surface area (Å²) in [5.74, 6) is 0.170. The molecule has 0 aliphatic rings. The van der Waals surface area contributed by atoms with E-state index in [1.54, 1.807) is 36.4 Å². The second-order valence-corrected chi connectivity index (χ2v) is 7.74. The van der Waals surface area contributed by atoms with Crippen molar-refractivity contribution >= 4 is 17.6 Å². The van der Waals surface area contributed by atoms with E-state index in [9.17, 15) is 10.1 Å². The Bertz CT molecular complexity index is 1090. The van der Waals surface area contributed by atoms with Gasteiger partial charge in [-0.25, -0.2) is 0 Å². The molecule has 30 heavy (non-hydrogen) atoms. The molecule has 0 amide bonds. The predicted molar refractivity (Wildman–Crippen MR) is 117 cm³/mol. The van der Waals surface area contributed by atoms with Gasteiger partial charge in [-0.3, -0.25) is 4.79 Å². The van der Waals surface area contributed by atoms with E-state index in [0.29, 0.717) is 16.5 Å². The number of nitriles is 1. The number of esters is 1. The summed E-state index contributed by atoms with van der Waals surface area (Å²) in [6.45, 7) is 5.83. The molecule has 4 nitrogen and oxygen atoms in total. The minimum absolute atomic E-state index is 0.00772. The van der Waals surface area contributed by atoms with Crippen molar-refractivity contribution in [2.75, 3.05) is 0 Å². The summed E-state index contributed by atoms with van der Waals surface area (Å²) in [7, 11) is 0. The van der Waals surface area contributed by atoms with Gasteiger partial charge in [-0.1, -0.05) is 55.8 Å². The molecule has 0 heterocycles. The number of carbonyl (C=O) groups excluding carboxylic acids is 1. The molecule has 1 atom stereocenters. The molecule has 0 N–H and O–H groups in total. The number of carbonyl (C=O) groups is 1. The van der Waals surface area contributed by atoms with E-state index >= 15 is 0 Å². The monoisotopic (exact) mass is 419 g/mol.